The summed E-state index contributed by atoms with van der Waals surface area (Å²) in [6, 6.07) is 7.09. The lowest BCUT2D eigenvalue weighted by molar-refractivity contribution is 0.0697. The molecule has 2 heterocycles. The van der Waals surface area contributed by atoms with E-state index in [-0.39, 0.29) is 11.6 Å². The Hall–Kier alpha value is -2.27. The van der Waals surface area contributed by atoms with Crippen LogP contribution >= 0.6 is 0 Å². The van der Waals surface area contributed by atoms with Crippen LogP contribution in [0.2, 0.25) is 0 Å². The average Bonchev–Trinajstić information content (AvgIpc) is 2.93. The quantitative estimate of drug-likeness (QED) is 0.938. The number of nitrogens with zero attached hydrogens (tertiary/aromatic N) is 3. The zero-order valence-electron chi connectivity index (χ0n) is 11.9. The average molecular weight is 283 g/mol. The third-order valence-corrected chi connectivity index (χ3v) is 3.97. The van der Waals surface area contributed by atoms with Gasteiger partial charge < -0.3 is 5.11 Å². The van der Waals surface area contributed by atoms with Crippen LogP contribution in [0.1, 0.15) is 34.9 Å². The van der Waals surface area contributed by atoms with E-state index >= 15 is 0 Å². The fourth-order valence-electron chi connectivity index (χ4n) is 2.84. The molecule has 0 bridgehead atoms. The van der Waals surface area contributed by atoms with E-state index in [1.54, 1.807) is 36.7 Å². The van der Waals surface area contributed by atoms with Gasteiger partial charge in [0.1, 0.15) is 0 Å². The number of benzene rings is 1. The lowest BCUT2D eigenvalue weighted by Gasteiger charge is -2.20. The van der Waals surface area contributed by atoms with Crippen LogP contribution in [0.5, 0.6) is 0 Å². The standard InChI is InChI=1S/C16H17N3O2/c1-19-10-2-3-13(19)15-14(17-8-9-18-15)11-4-6-12(7-5-11)16(20)21/h4-9,13H,2-3,10H2,1H3,(H,20,21)/t13-/m1/s1. The predicted octanol–water partition coefficient (Wildman–Crippen LogP) is 2.61. The third-order valence-electron chi connectivity index (χ3n) is 3.97. The Bertz CT molecular complexity index is 655. The maximum atomic E-state index is 10.9. The van der Waals surface area contributed by atoms with Crippen molar-refractivity contribution in [2.45, 2.75) is 18.9 Å². The van der Waals surface area contributed by atoms with Gasteiger partial charge in [0.05, 0.1) is 23.0 Å². The molecule has 1 aromatic heterocycles. The molecule has 108 valence electrons. The topological polar surface area (TPSA) is 66.3 Å². The highest BCUT2D eigenvalue weighted by Crippen LogP contribution is 2.34. The number of aromatic nitrogens is 2. The van der Waals surface area contributed by atoms with Gasteiger partial charge in [-0.3, -0.25) is 14.9 Å². The molecular weight excluding hydrogens is 266 g/mol. The number of hydrogen-bond donors (Lipinski definition) is 1. The van der Waals surface area contributed by atoms with Crippen LogP contribution in [0.15, 0.2) is 36.7 Å². The molecule has 0 saturated carbocycles. The first kappa shape index (κ1) is 13.7. The Labute approximate surface area is 123 Å². The molecule has 0 spiro atoms. The summed E-state index contributed by atoms with van der Waals surface area (Å²) in [5.74, 6) is -0.920. The fraction of sp³-hybridized carbons (Fsp3) is 0.312. The summed E-state index contributed by atoms with van der Waals surface area (Å²) in [5, 5.41) is 8.97. The number of aromatic carboxylic acids is 1. The smallest absolute Gasteiger partial charge is 0.335 e. The normalized spacial score (nSPS) is 18.8. The number of likely N-dealkylation sites (tertiary alicyclic amines) is 1. The second-order valence-corrected chi connectivity index (χ2v) is 5.31. The molecule has 0 aliphatic carbocycles. The van der Waals surface area contributed by atoms with Crippen LogP contribution in [0.4, 0.5) is 0 Å². The van der Waals surface area contributed by atoms with E-state index in [1.807, 2.05) is 0 Å². The van der Waals surface area contributed by atoms with Crippen LogP contribution in [0, 0.1) is 0 Å². The van der Waals surface area contributed by atoms with Gasteiger partial charge in [0.15, 0.2) is 0 Å². The molecule has 0 amide bonds. The Morgan fingerprint density at radius 3 is 2.57 bits per heavy atom. The molecule has 2 aromatic rings. The van der Waals surface area contributed by atoms with Gasteiger partial charge in [-0.25, -0.2) is 4.79 Å². The van der Waals surface area contributed by atoms with Crippen LogP contribution < -0.4 is 0 Å². The SMILES string of the molecule is CN1CCC[C@@H]1c1nccnc1-c1ccc(C(=O)O)cc1. The molecule has 0 unspecified atom stereocenters. The van der Waals surface area contributed by atoms with Crippen molar-refractivity contribution in [2.24, 2.45) is 0 Å². The summed E-state index contributed by atoms with van der Waals surface area (Å²) in [5.41, 5.74) is 3.00. The van der Waals surface area contributed by atoms with Gasteiger partial charge >= 0.3 is 5.97 Å². The highest BCUT2D eigenvalue weighted by atomic mass is 16.4. The number of hydrogen-bond acceptors (Lipinski definition) is 4. The minimum Gasteiger partial charge on any atom is -0.478 e. The molecule has 1 N–H and O–H groups in total. The Kier molecular flexibility index (Phi) is 3.66. The first-order valence-corrected chi connectivity index (χ1v) is 7.01. The predicted molar refractivity (Wildman–Crippen MR) is 79.0 cm³/mol. The number of carboxylic acid groups (broad SMARTS) is 1. The zero-order chi connectivity index (χ0) is 14.8. The van der Waals surface area contributed by atoms with Crippen molar-refractivity contribution in [3.8, 4) is 11.3 Å². The van der Waals surface area contributed by atoms with Gasteiger partial charge in [-0.15, -0.1) is 0 Å². The minimum absolute atomic E-state index is 0.280. The first-order chi connectivity index (χ1) is 10.2. The molecule has 5 nitrogen and oxygen atoms in total. The number of carboxylic acids is 1. The Morgan fingerprint density at radius 2 is 1.95 bits per heavy atom. The summed E-state index contributed by atoms with van der Waals surface area (Å²) < 4.78 is 0. The van der Waals surface area contributed by atoms with Crippen LogP contribution in [0.25, 0.3) is 11.3 Å². The molecule has 1 aliphatic heterocycles. The van der Waals surface area contributed by atoms with Crippen LogP contribution in [-0.2, 0) is 0 Å². The third kappa shape index (κ3) is 2.64. The minimum atomic E-state index is -0.920. The molecule has 1 atom stereocenters. The number of carbonyl (C=O) groups is 1. The van der Waals surface area contributed by atoms with E-state index in [2.05, 4.69) is 21.9 Å². The molecular formula is C16H17N3O2. The van der Waals surface area contributed by atoms with Crippen molar-refractivity contribution in [1.29, 1.82) is 0 Å². The molecule has 1 aromatic carbocycles. The molecule has 1 fully saturated rings. The van der Waals surface area contributed by atoms with E-state index in [0.717, 1.165) is 36.3 Å². The Balaban J connectivity index is 2.00. The second-order valence-electron chi connectivity index (χ2n) is 5.31. The van der Waals surface area contributed by atoms with Crippen molar-refractivity contribution in [3.63, 3.8) is 0 Å². The van der Waals surface area contributed by atoms with E-state index in [1.165, 1.54) is 0 Å². The summed E-state index contributed by atoms with van der Waals surface area (Å²) in [7, 11) is 2.10. The second kappa shape index (κ2) is 5.61. The lowest BCUT2D eigenvalue weighted by atomic mass is 10.0. The lowest BCUT2D eigenvalue weighted by Crippen LogP contribution is -2.19. The molecule has 1 saturated heterocycles. The monoisotopic (exact) mass is 283 g/mol. The van der Waals surface area contributed by atoms with Crippen molar-refractivity contribution < 1.29 is 9.90 Å². The van der Waals surface area contributed by atoms with Crippen LogP contribution in [-0.4, -0.2) is 39.5 Å². The maximum absolute atomic E-state index is 10.9. The number of rotatable bonds is 3. The van der Waals surface area contributed by atoms with Gasteiger partial charge in [0.2, 0.25) is 0 Å². The van der Waals surface area contributed by atoms with Gasteiger partial charge in [-0.2, -0.15) is 0 Å². The molecule has 0 radical (unpaired) electrons. The van der Waals surface area contributed by atoms with E-state index in [0.29, 0.717) is 0 Å². The first-order valence-electron chi connectivity index (χ1n) is 7.01. The van der Waals surface area contributed by atoms with Crippen molar-refractivity contribution in [3.05, 3.63) is 47.9 Å². The van der Waals surface area contributed by atoms with Gasteiger partial charge in [-0.05, 0) is 38.6 Å². The molecule has 21 heavy (non-hydrogen) atoms. The van der Waals surface area contributed by atoms with E-state index in [9.17, 15) is 4.79 Å². The van der Waals surface area contributed by atoms with Gasteiger partial charge in [-0.1, -0.05) is 12.1 Å². The van der Waals surface area contributed by atoms with Crippen molar-refractivity contribution in [2.75, 3.05) is 13.6 Å². The van der Waals surface area contributed by atoms with Crippen molar-refractivity contribution >= 4 is 5.97 Å². The molecule has 5 heteroatoms. The fourth-order valence-corrected chi connectivity index (χ4v) is 2.84. The van der Waals surface area contributed by atoms with E-state index < -0.39 is 5.97 Å². The van der Waals surface area contributed by atoms with Crippen LogP contribution in [0.3, 0.4) is 0 Å². The summed E-state index contributed by atoms with van der Waals surface area (Å²) in [4.78, 5) is 22.2. The highest BCUT2D eigenvalue weighted by molar-refractivity contribution is 5.88. The zero-order valence-corrected chi connectivity index (χ0v) is 11.9. The molecule has 3 rings (SSSR count). The van der Waals surface area contributed by atoms with Crippen molar-refractivity contribution in [1.82, 2.24) is 14.9 Å². The largest absolute Gasteiger partial charge is 0.478 e. The molecule has 1 aliphatic rings. The highest BCUT2D eigenvalue weighted by Gasteiger charge is 2.26. The van der Waals surface area contributed by atoms with Gasteiger partial charge in [0.25, 0.3) is 0 Å². The maximum Gasteiger partial charge on any atom is 0.335 e. The van der Waals surface area contributed by atoms with E-state index in [4.69, 9.17) is 5.11 Å². The van der Waals surface area contributed by atoms with Gasteiger partial charge in [0, 0.05) is 18.0 Å². The summed E-state index contributed by atoms with van der Waals surface area (Å²) in [6.07, 6.45) is 5.64. The summed E-state index contributed by atoms with van der Waals surface area (Å²) in [6.45, 7) is 1.07. The summed E-state index contributed by atoms with van der Waals surface area (Å²) >= 11 is 0. The Morgan fingerprint density at radius 1 is 1.24 bits per heavy atom.